The van der Waals surface area contributed by atoms with Crippen molar-refractivity contribution in [3.05, 3.63) is 0 Å². The molecule has 0 atom stereocenters. The summed E-state index contributed by atoms with van der Waals surface area (Å²) in [4.78, 5) is 14.0. The predicted octanol–water partition coefficient (Wildman–Crippen LogP) is 2.40. The van der Waals surface area contributed by atoms with Gasteiger partial charge in [0.25, 0.3) is 0 Å². The van der Waals surface area contributed by atoms with Crippen molar-refractivity contribution < 1.29 is 4.79 Å². The number of likely N-dealkylation sites (tertiary alicyclic amines) is 1. The van der Waals surface area contributed by atoms with Crippen LogP contribution in [0.1, 0.15) is 52.9 Å². The Morgan fingerprint density at radius 3 is 2.35 bits per heavy atom. The van der Waals surface area contributed by atoms with Crippen LogP contribution in [0.2, 0.25) is 0 Å². The number of rotatable bonds is 4. The van der Waals surface area contributed by atoms with E-state index >= 15 is 0 Å². The van der Waals surface area contributed by atoms with Crippen molar-refractivity contribution in [3.8, 4) is 0 Å². The Morgan fingerprint density at radius 2 is 1.88 bits per heavy atom. The van der Waals surface area contributed by atoms with E-state index in [1.165, 1.54) is 0 Å². The van der Waals surface area contributed by atoms with Gasteiger partial charge >= 0.3 is 0 Å². The first-order chi connectivity index (χ1) is 7.92. The van der Waals surface area contributed by atoms with Gasteiger partial charge in [0, 0.05) is 19.5 Å². The zero-order valence-electron chi connectivity index (χ0n) is 11.7. The van der Waals surface area contributed by atoms with Crippen LogP contribution in [0.5, 0.6) is 0 Å². The molecule has 1 amide bonds. The zero-order chi connectivity index (χ0) is 12.9. The van der Waals surface area contributed by atoms with Crippen LogP contribution in [0.4, 0.5) is 0 Å². The Balaban J connectivity index is 2.21. The second-order valence-electron chi connectivity index (χ2n) is 6.47. The quantitative estimate of drug-likeness (QED) is 0.820. The summed E-state index contributed by atoms with van der Waals surface area (Å²) >= 11 is 0. The average Bonchev–Trinajstić information content (AvgIpc) is 2.27. The fourth-order valence-corrected chi connectivity index (χ4v) is 2.35. The highest BCUT2D eigenvalue weighted by Crippen LogP contribution is 2.22. The summed E-state index contributed by atoms with van der Waals surface area (Å²) in [7, 11) is 0. The molecule has 2 N–H and O–H groups in total. The minimum Gasteiger partial charge on any atom is -0.343 e. The largest absolute Gasteiger partial charge is 0.343 e. The molecule has 0 radical (unpaired) electrons. The highest BCUT2D eigenvalue weighted by molar-refractivity contribution is 5.76. The third-order valence-electron chi connectivity index (χ3n) is 3.62. The van der Waals surface area contributed by atoms with Crippen molar-refractivity contribution in [2.45, 2.75) is 52.9 Å². The summed E-state index contributed by atoms with van der Waals surface area (Å²) in [5, 5.41) is 0. The van der Waals surface area contributed by atoms with Crippen LogP contribution in [0.15, 0.2) is 0 Å². The van der Waals surface area contributed by atoms with E-state index < -0.39 is 0 Å². The summed E-state index contributed by atoms with van der Waals surface area (Å²) in [5.74, 6) is 0.971. The first-order valence-corrected chi connectivity index (χ1v) is 6.90. The second kappa shape index (κ2) is 6.39. The molecular formula is C14H28N2O. The van der Waals surface area contributed by atoms with Gasteiger partial charge in [-0.3, -0.25) is 4.79 Å². The van der Waals surface area contributed by atoms with Gasteiger partial charge in [0.15, 0.2) is 0 Å². The van der Waals surface area contributed by atoms with E-state index in [-0.39, 0.29) is 0 Å². The highest BCUT2D eigenvalue weighted by atomic mass is 16.2. The lowest BCUT2D eigenvalue weighted by Crippen LogP contribution is -2.40. The van der Waals surface area contributed by atoms with Gasteiger partial charge in [0.2, 0.25) is 5.91 Å². The molecule has 1 fully saturated rings. The van der Waals surface area contributed by atoms with E-state index in [9.17, 15) is 4.79 Å². The first-order valence-electron chi connectivity index (χ1n) is 6.90. The number of carbonyl (C=O) groups excluding carboxylic acids is 1. The van der Waals surface area contributed by atoms with Crippen molar-refractivity contribution in [1.82, 2.24) is 4.90 Å². The molecule has 0 aromatic heterocycles. The van der Waals surface area contributed by atoms with Gasteiger partial charge in [0.1, 0.15) is 0 Å². The molecule has 17 heavy (non-hydrogen) atoms. The van der Waals surface area contributed by atoms with Crippen molar-refractivity contribution >= 4 is 5.91 Å². The number of amides is 1. The molecule has 0 saturated carbocycles. The molecule has 0 aromatic carbocycles. The number of carbonyl (C=O) groups is 1. The molecule has 0 aliphatic carbocycles. The van der Waals surface area contributed by atoms with E-state index in [0.717, 1.165) is 45.3 Å². The van der Waals surface area contributed by atoms with E-state index in [1.54, 1.807) is 0 Å². The van der Waals surface area contributed by atoms with Gasteiger partial charge in [-0.2, -0.15) is 0 Å². The molecule has 1 rings (SSSR count). The molecule has 1 aliphatic rings. The molecule has 0 unspecified atom stereocenters. The molecule has 1 heterocycles. The van der Waals surface area contributed by atoms with Crippen LogP contribution in [0.3, 0.4) is 0 Å². The molecule has 0 spiro atoms. The summed E-state index contributed by atoms with van der Waals surface area (Å²) in [6.07, 6.45) is 5.02. The van der Waals surface area contributed by atoms with Crippen LogP contribution < -0.4 is 5.73 Å². The lowest BCUT2D eigenvalue weighted by Gasteiger charge is -2.31. The number of nitrogens with zero attached hydrogens (tertiary/aromatic N) is 1. The topological polar surface area (TPSA) is 46.3 Å². The van der Waals surface area contributed by atoms with Gasteiger partial charge in [-0.25, -0.2) is 0 Å². The SMILES string of the molecule is CC(C)(C)CCCC(=O)N1CCC(CN)CC1. The van der Waals surface area contributed by atoms with E-state index in [1.807, 2.05) is 4.90 Å². The molecule has 0 bridgehead atoms. The number of hydrogen-bond donors (Lipinski definition) is 1. The Kier molecular flexibility index (Phi) is 5.44. The van der Waals surface area contributed by atoms with Crippen LogP contribution in [0.25, 0.3) is 0 Å². The van der Waals surface area contributed by atoms with Gasteiger partial charge < -0.3 is 10.6 Å². The normalized spacial score (nSPS) is 18.5. The summed E-state index contributed by atoms with van der Waals surface area (Å²) in [6.45, 7) is 9.27. The molecule has 0 aromatic rings. The maximum Gasteiger partial charge on any atom is 0.222 e. The second-order valence-corrected chi connectivity index (χ2v) is 6.47. The van der Waals surface area contributed by atoms with Crippen molar-refractivity contribution in [3.63, 3.8) is 0 Å². The van der Waals surface area contributed by atoms with Crippen LogP contribution in [-0.2, 0) is 4.79 Å². The molecule has 100 valence electrons. The smallest absolute Gasteiger partial charge is 0.222 e. The fourth-order valence-electron chi connectivity index (χ4n) is 2.35. The van der Waals surface area contributed by atoms with Crippen molar-refractivity contribution in [2.24, 2.45) is 17.1 Å². The molecule has 1 aliphatic heterocycles. The maximum atomic E-state index is 12.0. The third kappa shape index (κ3) is 5.53. The standard InChI is InChI=1S/C14H28N2O/c1-14(2,3)8-4-5-13(17)16-9-6-12(11-15)7-10-16/h12H,4-11,15H2,1-3H3. The van der Waals surface area contributed by atoms with Gasteiger partial charge in [-0.15, -0.1) is 0 Å². The van der Waals surface area contributed by atoms with Gasteiger partial charge in [-0.1, -0.05) is 20.8 Å². The maximum absolute atomic E-state index is 12.0. The van der Waals surface area contributed by atoms with Gasteiger partial charge in [0.05, 0.1) is 0 Å². The third-order valence-corrected chi connectivity index (χ3v) is 3.62. The number of piperidine rings is 1. The summed E-state index contributed by atoms with van der Waals surface area (Å²) in [5.41, 5.74) is 5.99. The van der Waals surface area contributed by atoms with E-state index in [0.29, 0.717) is 23.7 Å². The average molecular weight is 240 g/mol. The van der Waals surface area contributed by atoms with Crippen molar-refractivity contribution in [1.29, 1.82) is 0 Å². The predicted molar refractivity (Wildman–Crippen MR) is 71.7 cm³/mol. The number of hydrogen-bond acceptors (Lipinski definition) is 2. The summed E-state index contributed by atoms with van der Waals surface area (Å²) in [6, 6.07) is 0. The van der Waals surface area contributed by atoms with Crippen LogP contribution in [-0.4, -0.2) is 30.4 Å². The Hall–Kier alpha value is -0.570. The Morgan fingerprint density at radius 1 is 1.29 bits per heavy atom. The minimum absolute atomic E-state index is 0.338. The lowest BCUT2D eigenvalue weighted by atomic mass is 9.89. The van der Waals surface area contributed by atoms with E-state index in [4.69, 9.17) is 5.73 Å². The van der Waals surface area contributed by atoms with Gasteiger partial charge in [-0.05, 0) is 43.6 Å². The fraction of sp³-hybridized carbons (Fsp3) is 0.929. The molecule has 1 saturated heterocycles. The first kappa shape index (κ1) is 14.5. The minimum atomic E-state index is 0.338. The molecular weight excluding hydrogens is 212 g/mol. The van der Waals surface area contributed by atoms with Crippen LogP contribution >= 0.6 is 0 Å². The summed E-state index contributed by atoms with van der Waals surface area (Å²) < 4.78 is 0. The lowest BCUT2D eigenvalue weighted by molar-refractivity contribution is -0.132. The number of nitrogens with two attached hydrogens (primary N) is 1. The molecule has 3 heteroatoms. The zero-order valence-corrected chi connectivity index (χ0v) is 11.7. The molecule has 3 nitrogen and oxygen atoms in total. The monoisotopic (exact) mass is 240 g/mol. The Bertz CT molecular complexity index is 237. The highest BCUT2D eigenvalue weighted by Gasteiger charge is 2.21. The Labute approximate surface area is 106 Å². The van der Waals surface area contributed by atoms with Crippen LogP contribution in [0, 0.1) is 11.3 Å². The van der Waals surface area contributed by atoms with Crippen molar-refractivity contribution in [2.75, 3.05) is 19.6 Å². The van der Waals surface area contributed by atoms with E-state index in [2.05, 4.69) is 20.8 Å².